The lowest BCUT2D eigenvalue weighted by Gasteiger charge is -2.21. The minimum absolute atomic E-state index is 0.0157. The number of nitrogens with zero attached hydrogens (tertiary/aromatic N) is 3. The molecule has 2 aromatic carbocycles. The minimum atomic E-state index is -0.709. The molecule has 2 rings (SSSR count). The van der Waals surface area contributed by atoms with Crippen LogP contribution in [0.4, 0.5) is 11.4 Å². The van der Waals surface area contributed by atoms with Crippen LogP contribution in [0.1, 0.15) is 46.4 Å². The molecule has 2 aromatic rings. The molecule has 0 heterocycles. The number of unbranched alkanes of at least 4 members (excludes halogenated alkanes) is 1. The van der Waals surface area contributed by atoms with Crippen LogP contribution >= 0.6 is 0 Å². The van der Waals surface area contributed by atoms with Crippen LogP contribution in [0.5, 0.6) is 0 Å². The fraction of sp³-hybridized carbons (Fsp3) is 0.417. The number of amides is 2. The van der Waals surface area contributed by atoms with Crippen molar-refractivity contribution in [3.05, 3.63) is 79.9 Å². The lowest BCUT2D eigenvalue weighted by Crippen LogP contribution is -2.39. The summed E-state index contributed by atoms with van der Waals surface area (Å²) in [6, 6.07) is 10.2. The molecule has 0 bridgehead atoms. The molecule has 0 aliphatic rings. The van der Waals surface area contributed by atoms with Gasteiger partial charge in [-0.3, -0.25) is 34.7 Å². The molecule has 0 spiro atoms. The normalized spacial score (nSPS) is 10.7. The second-order valence-electron chi connectivity index (χ2n) is 8.08. The van der Waals surface area contributed by atoms with Gasteiger partial charge in [-0.15, -0.1) is 0 Å². The van der Waals surface area contributed by atoms with Crippen LogP contribution in [0.25, 0.3) is 0 Å². The average Bonchev–Trinajstić information content (AvgIpc) is 2.88. The zero-order valence-corrected chi connectivity index (χ0v) is 20.1. The van der Waals surface area contributed by atoms with Crippen molar-refractivity contribution in [2.24, 2.45) is 5.73 Å². The SMILES string of the molecule is NCCCNCCCCNCCCN(C(=O)c1cccc([N+](=O)[O-])c1)C(=O)c1cccc([N+](=O)[O-])c1. The van der Waals surface area contributed by atoms with Gasteiger partial charge in [0.15, 0.2) is 0 Å². The molecular formula is C24H32N6O6. The topological polar surface area (TPSA) is 174 Å². The van der Waals surface area contributed by atoms with E-state index in [1.54, 1.807) is 0 Å². The number of nitro groups is 2. The van der Waals surface area contributed by atoms with Crippen LogP contribution < -0.4 is 16.4 Å². The number of imide groups is 1. The van der Waals surface area contributed by atoms with Crippen LogP contribution in [-0.4, -0.2) is 65.8 Å². The van der Waals surface area contributed by atoms with Crippen molar-refractivity contribution in [3.63, 3.8) is 0 Å². The zero-order chi connectivity index (χ0) is 26.3. The van der Waals surface area contributed by atoms with E-state index in [2.05, 4.69) is 10.6 Å². The molecule has 36 heavy (non-hydrogen) atoms. The second kappa shape index (κ2) is 15.3. The monoisotopic (exact) mass is 500 g/mol. The minimum Gasteiger partial charge on any atom is -0.330 e. The lowest BCUT2D eigenvalue weighted by molar-refractivity contribution is -0.385. The molecule has 0 radical (unpaired) electrons. The Balaban J connectivity index is 2.02. The van der Waals surface area contributed by atoms with Gasteiger partial charge in [0.05, 0.1) is 9.85 Å². The maximum absolute atomic E-state index is 13.2. The Kier molecular flexibility index (Phi) is 12.1. The van der Waals surface area contributed by atoms with E-state index >= 15 is 0 Å². The molecule has 12 nitrogen and oxygen atoms in total. The molecule has 0 aliphatic heterocycles. The zero-order valence-electron chi connectivity index (χ0n) is 20.1. The van der Waals surface area contributed by atoms with Crippen molar-refractivity contribution < 1.29 is 19.4 Å². The average molecular weight is 501 g/mol. The number of nitrogens with one attached hydrogen (secondary N) is 2. The molecule has 0 atom stereocenters. The van der Waals surface area contributed by atoms with E-state index in [4.69, 9.17) is 5.73 Å². The van der Waals surface area contributed by atoms with Gasteiger partial charge in [0, 0.05) is 41.9 Å². The fourth-order valence-electron chi connectivity index (χ4n) is 3.45. The Hall–Kier alpha value is -3.74. The molecule has 0 saturated heterocycles. The van der Waals surface area contributed by atoms with E-state index in [9.17, 15) is 29.8 Å². The molecule has 0 aliphatic carbocycles. The number of benzene rings is 2. The number of rotatable bonds is 16. The van der Waals surface area contributed by atoms with Gasteiger partial charge in [0.25, 0.3) is 23.2 Å². The second-order valence-corrected chi connectivity index (χ2v) is 8.08. The lowest BCUT2D eigenvalue weighted by atomic mass is 10.1. The molecule has 4 N–H and O–H groups in total. The van der Waals surface area contributed by atoms with Crippen LogP contribution in [0.2, 0.25) is 0 Å². The van der Waals surface area contributed by atoms with Crippen molar-refractivity contribution in [3.8, 4) is 0 Å². The summed E-state index contributed by atoms with van der Waals surface area (Å²) >= 11 is 0. The van der Waals surface area contributed by atoms with Crippen molar-refractivity contribution in [1.29, 1.82) is 0 Å². The summed E-state index contributed by atoms with van der Waals surface area (Å²) in [5.74, 6) is -1.42. The Morgan fingerprint density at radius 2 is 1.19 bits per heavy atom. The summed E-state index contributed by atoms with van der Waals surface area (Å²) in [6.07, 6.45) is 3.34. The van der Waals surface area contributed by atoms with Gasteiger partial charge in [0.2, 0.25) is 0 Å². The maximum atomic E-state index is 13.2. The highest BCUT2D eigenvalue weighted by Crippen LogP contribution is 2.19. The summed E-state index contributed by atoms with van der Waals surface area (Å²) < 4.78 is 0. The predicted molar refractivity (Wildman–Crippen MR) is 135 cm³/mol. The summed E-state index contributed by atoms with van der Waals surface area (Å²) in [4.78, 5) is 48.3. The van der Waals surface area contributed by atoms with E-state index in [1.807, 2.05) is 0 Å². The number of carbonyl (C=O) groups excluding carboxylic acids is 2. The standard InChI is InChI=1S/C24H32N6O6/c25-11-5-14-26-12-1-2-13-27-15-6-16-28(23(31)19-7-3-9-21(17-19)29(33)34)24(32)20-8-4-10-22(18-20)30(35)36/h3-4,7-10,17-18,26-27H,1-2,5-6,11-16,25H2. The van der Waals surface area contributed by atoms with Gasteiger partial charge >= 0.3 is 0 Å². The van der Waals surface area contributed by atoms with Gasteiger partial charge < -0.3 is 16.4 Å². The number of carbonyl (C=O) groups is 2. The first-order valence-corrected chi connectivity index (χ1v) is 11.8. The molecular weight excluding hydrogens is 468 g/mol. The molecule has 12 heteroatoms. The Bertz CT molecular complexity index is 978. The largest absolute Gasteiger partial charge is 0.330 e. The predicted octanol–water partition coefficient (Wildman–Crippen LogP) is 2.48. The van der Waals surface area contributed by atoms with Crippen molar-refractivity contribution in [2.45, 2.75) is 25.7 Å². The van der Waals surface area contributed by atoms with Gasteiger partial charge in [-0.1, -0.05) is 12.1 Å². The molecule has 0 saturated carbocycles. The third-order valence-electron chi connectivity index (χ3n) is 5.35. The number of hydrogen-bond donors (Lipinski definition) is 3. The van der Waals surface area contributed by atoms with E-state index < -0.39 is 21.7 Å². The Labute approximate surface area is 209 Å². The van der Waals surface area contributed by atoms with Gasteiger partial charge in [-0.05, 0) is 70.5 Å². The van der Waals surface area contributed by atoms with Crippen molar-refractivity contribution >= 4 is 23.2 Å². The highest BCUT2D eigenvalue weighted by Gasteiger charge is 2.26. The first-order chi connectivity index (χ1) is 17.3. The van der Waals surface area contributed by atoms with Gasteiger partial charge in [-0.25, -0.2) is 0 Å². The quantitative estimate of drug-likeness (QED) is 0.135. The van der Waals surface area contributed by atoms with Crippen molar-refractivity contribution in [2.75, 3.05) is 39.3 Å². The number of nitrogens with two attached hydrogens (primary N) is 1. The molecule has 0 fully saturated rings. The van der Waals surface area contributed by atoms with Crippen LogP contribution in [0.3, 0.4) is 0 Å². The first kappa shape index (κ1) is 28.5. The molecule has 0 aromatic heterocycles. The summed E-state index contributed by atoms with van der Waals surface area (Å²) in [6.45, 7) is 3.83. The van der Waals surface area contributed by atoms with E-state index in [0.717, 1.165) is 55.9 Å². The van der Waals surface area contributed by atoms with Crippen molar-refractivity contribution in [1.82, 2.24) is 15.5 Å². The summed E-state index contributed by atoms with van der Waals surface area (Å²) in [7, 11) is 0. The molecule has 2 amide bonds. The van der Waals surface area contributed by atoms with E-state index in [0.29, 0.717) is 19.5 Å². The Morgan fingerprint density at radius 1 is 0.750 bits per heavy atom. The number of non-ortho nitro benzene ring substituents is 2. The maximum Gasteiger partial charge on any atom is 0.270 e. The summed E-state index contributed by atoms with van der Waals surface area (Å²) in [5.41, 5.74) is 4.87. The van der Waals surface area contributed by atoms with Gasteiger partial charge in [0.1, 0.15) is 0 Å². The van der Waals surface area contributed by atoms with E-state index in [-0.39, 0.29) is 29.0 Å². The molecule has 0 unspecified atom stereocenters. The smallest absolute Gasteiger partial charge is 0.270 e. The third kappa shape index (κ3) is 9.13. The van der Waals surface area contributed by atoms with Crippen LogP contribution in [0, 0.1) is 20.2 Å². The highest BCUT2D eigenvalue weighted by atomic mass is 16.6. The van der Waals surface area contributed by atoms with E-state index in [1.165, 1.54) is 36.4 Å². The van der Waals surface area contributed by atoms with Gasteiger partial charge in [-0.2, -0.15) is 0 Å². The fourth-order valence-corrected chi connectivity index (χ4v) is 3.45. The molecule has 194 valence electrons. The highest BCUT2D eigenvalue weighted by molar-refractivity contribution is 6.10. The first-order valence-electron chi connectivity index (χ1n) is 11.8. The Morgan fingerprint density at radius 3 is 1.64 bits per heavy atom. The summed E-state index contributed by atoms with van der Waals surface area (Å²) in [5, 5.41) is 28.8. The van der Waals surface area contributed by atoms with Crippen LogP contribution in [0.15, 0.2) is 48.5 Å². The third-order valence-corrected chi connectivity index (χ3v) is 5.35. The van der Waals surface area contributed by atoms with Crippen LogP contribution in [-0.2, 0) is 0 Å². The number of hydrogen-bond acceptors (Lipinski definition) is 9. The number of nitro benzene ring substituents is 2.